The lowest BCUT2D eigenvalue weighted by Crippen LogP contribution is -2.17. The van der Waals surface area contributed by atoms with Gasteiger partial charge in [-0.1, -0.05) is 6.92 Å². The molecule has 0 saturated carbocycles. The first kappa shape index (κ1) is 14.7. The molecule has 2 aromatic rings. The maximum absolute atomic E-state index is 11.7. The van der Waals surface area contributed by atoms with Crippen molar-refractivity contribution in [1.29, 1.82) is 0 Å². The van der Waals surface area contributed by atoms with E-state index in [0.717, 1.165) is 6.42 Å². The molecule has 0 radical (unpaired) electrons. The van der Waals surface area contributed by atoms with Gasteiger partial charge < -0.3 is 25.9 Å². The molecular weight excluding hydrogens is 272 g/mol. The van der Waals surface area contributed by atoms with E-state index < -0.39 is 5.56 Å². The van der Waals surface area contributed by atoms with Crippen LogP contribution in [0.5, 0.6) is 11.5 Å². The lowest BCUT2D eigenvalue weighted by molar-refractivity contribution is 0.315. The van der Waals surface area contributed by atoms with Crippen molar-refractivity contribution >= 4 is 11.5 Å². The van der Waals surface area contributed by atoms with Gasteiger partial charge in [-0.3, -0.25) is 4.79 Å². The molecule has 2 rings (SSSR count). The molecule has 1 aromatic heterocycles. The van der Waals surface area contributed by atoms with Crippen LogP contribution in [0.3, 0.4) is 0 Å². The van der Waals surface area contributed by atoms with Crippen LogP contribution in [0.4, 0.5) is 11.5 Å². The summed E-state index contributed by atoms with van der Waals surface area (Å²) in [7, 11) is 1.57. The summed E-state index contributed by atoms with van der Waals surface area (Å²) < 4.78 is 10.9. The smallest absolute Gasteiger partial charge is 0.276 e. The first-order valence-corrected chi connectivity index (χ1v) is 6.53. The molecular formula is C14H18N4O3. The zero-order valence-corrected chi connectivity index (χ0v) is 12.0. The van der Waals surface area contributed by atoms with Crippen LogP contribution >= 0.6 is 0 Å². The van der Waals surface area contributed by atoms with Gasteiger partial charge in [0.2, 0.25) is 0 Å². The van der Waals surface area contributed by atoms with Gasteiger partial charge in [-0.05, 0) is 18.6 Å². The van der Waals surface area contributed by atoms with Gasteiger partial charge >= 0.3 is 0 Å². The lowest BCUT2D eigenvalue weighted by atomic mass is 10.1. The second-order valence-electron chi connectivity index (χ2n) is 4.42. The lowest BCUT2D eigenvalue weighted by Gasteiger charge is -2.12. The molecule has 0 amide bonds. The molecule has 0 unspecified atom stereocenters. The summed E-state index contributed by atoms with van der Waals surface area (Å²) in [5, 5.41) is 0. The zero-order valence-electron chi connectivity index (χ0n) is 12.0. The van der Waals surface area contributed by atoms with Crippen LogP contribution in [0.15, 0.2) is 23.0 Å². The van der Waals surface area contributed by atoms with Crippen LogP contribution < -0.4 is 26.5 Å². The summed E-state index contributed by atoms with van der Waals surface area (Å²) in [6.45, 7) is 2.54. The predicted molar refractivity (Wildman–Crippen MR) is 81.5 cm³/mol. The Bertz CT molecular complexity index is 697. The molecule has 7 nitrogen and oxygen atoms in total. The summed E-state index contributed by atoms with van der Waals surface area (Å²) >= 11 is 0. The van der Waals surface area contributed by atoms with Crippen LogP contribution in [-0.2, 0) is 0 Å². The number of nitrogen functional groups attached to an aromatic ring is 2. The van der Waals surface area contributed by atoms with E-state index >= 15 is 0 Å². The van der Waals surface area contributed by atoms with Crippen molar-refractivity contribution in [3.8, 4) is 22.9 Å². The Labute approximate surface area is 121 Å². The molecule has 0 aliphatic rings. The Kier molecular flexibility index (Phi) is 4.32. The number of ether oxygens (including phenoxy) is 2. The maximum atomic E-state index is 11.7. The molecule has 0 fully saturated rings. The first-order valence-electron chi connectivity index (χ1n) is 6.53. The second-order valence-corrected chi connectivity index (χ2v) is 4.42. The highest BCUT2D eigenvalue weighted by Gasteiger charge is 2.13. The molecule has 1 aromatic carbocycles. The number of aromatic nitrogens is 2. The molecule has 0 aliphatic heterocycles. The van der Waals surface area contributed by atoms with Crippen molar-refractivity contribution in [2.24, 2.45) is 0 Å². The van der Waals surface area contributed by atoms with E-state index in [1.54, 1.807) is 25.3 Å². The summed E-state index contributed by atoms with van der Waals surface area (Å²) in [5.41, 5.74) is 11.2. The van der Waals surface area contributed by atoms with Gasteiger partial charge in [0.25, 0.3) is 5.56 Å². The quantitative estimate of drug-likeness (QED) is 0.766. The number of benzene rings is 1. The number of anilines is 2. The van der Waals surface area contributed by atoms with E-state index in [2.05, 4.69) is 9.97 Å². The van der Waals surface area contributed by atoms with Gasteiger partial charge in [0.15, 0.2) is 5.82 Å². The minimum atomic E-state index is -0.477. The molecule has 0 atom stereocenters. The molecule has 7 heteroatoms. The van der Waals surface area contributed by atoms with Gasteiger partial charge in [-0.15, -0.1) is 0 Å². The van der Waals surface area contributed by atoms with E-state index in [9.17, 15) is 4.79 Å². The van der Waals surface area contributed by atoms with E-state index in [-0.39, 0.29) is 11.5 Å². The Balaban J connectivity index is 2.54. The van der Waals surface area contributed by atoms with Crippen LogP contribution in [-0.4, -0.2) is 23.7 Å². The van der Waals surface area contributed by atoms with Gasteiger partial charge in [-0.25, -0.2) is 4.98 Å². The molecule has 112 valence electrons. The van der Waals surface area contributed by atoms with Crippen molar-refractivity contribution < 1.29 is 9.47 Å². The molecule has 1 heterocycles. The number of rotatable bonds is 5. The number of methoxy groups -OCH3 is 1. The summed E-state index contributed by atoms with van der Waals surface area (Å²) in [6.07, 6.45) is 0.852. The largest absolute Gasteiger partial charge is 0.497 e. The van der Waals surface area contributed by atoms with Gasteiger partial charge in [-0.2, -0.15) is 0 Å². The molecule has 21 heavy (non-hydrogen) atoms. The minimum Gasteiger partial charge on any atom is -0.497 e. The number of nitrogens with zero attached hydrogens (tertiary/aromatic N) is 1. The summed E-state index contributed by atoms with van der Waals surface area (Å²) in [5.74, 6) is 1.51. The van der Waals surface area contributed by atoms with Crippen LogP contribution in [0, 0.1) is 0 Å². The van der Waals surface area contributed by atoms with E-state index in [0.29, 0.717) is 29.5 Å². The van der Waals surface area contributed by atoms with Gasteiger partial charge in [0, 0.05) is 6.07 Å². The molecule has 5 N–H and O–H groups in total. The van der Waals surface area contributed by atoms with Crippen molar-refractivity contribution in [3.05, 3.63) is 28.6 Å². The molecule has 0 saturated heterocycles. The average molecular weight is 290 g/mol. The van der Waals surface area contributed by atoms with Crippen molar-refractivity contribution in [2.75, 3.05) is 25.2 Å². The van der Waals surface area contributed by atoms with E-state index in [1.165, 1.54) is 0 Å². The fourth-order valence-corrected chi connectivity index (χ4v) is 1.78. The van der Waals surface area contributed by atoms with Gasteiger partial charge in [0.05, 0.1) is 19.3 Å². The Morgan fingerprint density at radius 2 is 2.10 bits per heavy atom. The standard InChI is InChI=1S/C14H18N4O3/c1-3-6-21-10-7-8(20-2)4-5-9(10)13-17-12(16)11(15)14(19)18-13/h4-5,7H,3,6,15H2,1-2H3,(H3,16,17,18,19). The first-order chi connectivity index (χ1) is 10.1. The fourth-order valence-electron chi connectivity index (χ4n) is 1.78. The van der Waals surface area contributed by atoms with E-state index in [4.69, 9.17) is 20.9 Å². The third kappa shape index (κ3) is 3.07. The number of hydrogen-bond donors (Lipinski definition) is 3. The highest BCUT2D eigenvalue weighted by atomic mass is 16.5. The minimum absolute atomic E-state index is 0.00832. The van der Waals surface area contributed by atoms with Crippen LogP contribution in [0.1, 0.15) is 13.3 Å². The zero-order chi connectivity index (χ0) is 15.4. The SMILES string of the molecule is CCCOc1cc(OC)ccc1-c1nc(N)c(N)c(=O)[nH]1. The van der Waals surface area contributed by atoms with Gasteiger partial charge in [0.1, 0.15) is 23.0 Å². The molecule has 0 bridgehead atoms. The highest BCUT2D eigenvalue weighted by molar-refractivity contribution is 5.69. The monoisotopic (exact) mass is 290 g/mol. The molecule has 0 aliphatic carbocycles. The van der Waals surface area contributed by atoms with Crippen molar-refractivity contribution in [2.45, 2.75) is 13.3 Å². The Morgan fingerprint density at radius 3 is 2.71 bits per heavy atom. The van der Waals surface area contributed by atoms with Crippen molar-refractivity contribution in [3.63, 3.8) is 0 Å². The second kappa shape index (κ2) is 6.17. The number of nitrogens with two attached hydrogens (primary N) is 2. The summed E-state index contributed by atoms with van der Waals surface area (Å²) in [6, 6.07) is 5.23. The van der Waals surface area contributed by atoms with Crippen molar-refractivity contribution in [1.82, 2.24) is 9.97 Å². The summed E-state index contributed by atoms with van der Waals surface area (Å²) in [4.78, 5) is 18.4. The third-order valence-electron chi connectivity index (χ3n) is 2.89. The predicted octanol–water partition coefficient (Wildman–Crippen LogP) is 1.40. The van der Waals surface area contributed by atoms with Crippen LogP contribution in [0.25, 0.3) is 11.4 Å². The number of nitrogens with one attached hydrogen (secondary N) is 1. The average Bonchev–Trinajstić information content (AvgIpc) is 2.49. The Morgan fingerprint density at radius 1 is 1.33 bits per heavy atom. The Hall–Kier alpha value is -2.70. The number of H-pyrrole nitrogens is 1. The van der Waals surface area contributed by atoms with Crippen LogP contribution in [0.2, 0.25) is 0 Å². The fraction of sp³-hybridized carbons (Fsp3) is 0.286. The van der Waals surface area contributed by atoms with E-state index in [1.807, 2.05) is 6.92 Å². The number of hydrogen-bond acceptors (Lipinski definition) is 6. The number of aromatic amines is 1. The normalized spacial score (nSPS) is 10.4. The highest BCUT2D eigenvalue weighted by Crippen LogP contribution is 2.31. The maximum Gasteiger partial charge on any atom is 0.276 e. The molecule has 0 spiro atoms. The third-order valence-corrected chi connectivity index (χ3v) is 2.89. The topological polar surface area (TPSA) is 116 Å².